The molecule has 0 bridgehead atoms. The summed E-state index contributed by atoms with van der Waals surface area (Å²) in [5.41, 5.74) is 7.44. The molecule has 0 aliphatic heterocycles. The molecule has 1 heterocycles. The summed E-state index contributed by atoms with van der Waals surface area (Å²) in [6, 6.07) is 10.7. The molecule has 6 heteroatoms. The van der Waals surface area contributed by atoms with Crippen LogP contribution in [0.4, 0.5) is 5.69 Å². The van der Waals surface area contributed by atoms with Crippen LogP contribution in [0.5, 0.6) is 0 Å². The summed E-state index contributed by atoms with van der Waals surface area (Å²) in [7, 11) is 0. The van der Waals surface area contributed by atoms with E-state index in [4.69, 9.17) is 10.2 Å². The molecule has 0 unspecified atom stereocenters. The van der Waals surface area contributed by atoms with Crippen molar-refractivity contribution >= 4 is 17.6 Å². The normalized spacial score (nSPS) is 11.2. The molecule has 6 nitrogen and oxygen atoms in total. The zero-order chi connectivity index (χ0) is 15.8. The molecule has 2 aromatic rings. The lowest BCUT2D eigenvalue weighted by molar-refractivity contribution is 0.0996. The molecule has 0 spiro atoms. The smallest absolute Gasteiger partial charge is 0.291 e. The van der Waals surface area contributed by atoms with Gasteiger partial charge in [0.25, 0.3) is 5.91 Å². The summed E-state index contributed by atoms with van der Waals surface area (Å²) < 4.78 is 5.04. The Bertz CT molecular complexity index is 618. The van der Waals surface area contributed by atoms with Gasteiger partial charge in [0, 0.05) is 12.2 Å². The molecule has 4 N–H and O–H groups in total. The standard InChI is InChI=1S/C16H20N4O2/c1-2-9-18-16(17)19-11-12-5-7-13(8-6-12)20-15(21)14-4-3-10-22-14/h3-8,10H,2,9,11H2,1H3,(H,20,21)(H3,17,18,19). The van der Waals surface area contributed by atoms with Gasteiger partial charge in [0.1, 0.15) is 0 Å². The number of nitrogens with one attached hydrogen (secondary N) is 2. The van der Waals surface area contributed by atoms with Crippen LogP contribution in [0.2, 0.25) is 0 Å². The monoisotopic (exact) mass is 300 g/mol. The lowest BCUT2D eigenvalue weighted by Crippen LogP contribution is -2.32. The van der Waals surface area contributed by atoms with E-state index < -0.39 is 0 Å². The highest BCUT2D eigenvalue weighted by atomic mass is 16.3. The fraction of sp³-hybridized carbons (Fsp3) is 0.250. The van der Waals surface area contributed by atoms with E-state index >= 15 is 0 Å². The molecule has 0 aliphatic rings. The molecule has 0 atom stereocenters. The van der Waals surface area contributed by atoms with Gasteiger partial charge in [-0.3, -0.25) is 4.79 Å². The first-order valence-electron chi connectivity index (χ1n) is 7.16. The molecule has 2 rings (SSSR count). The first-order valence-corrected chi connectivity index (χ1v) is 7.16. The van der Waals surface area contributed by atoms with Gasteiger partial charge in [-0.1, -0.05) is 19.1 Å². The Hall–Kier alpha value is -2.76. The van der Waals surface area contributed by atoms with Gasteiger partial charge < -0.3 is 20.8 Å². The van der Waals surface area contributed by atoms with Gasteiger partial charge in [-0.05, 0) is 36.2 Å². The minimum atomic E-state index is -0.274. The van der Waals surface area contributed by atoms with Gasteiger partial charge >= 0.3 is 0 Å². The Balaban J connectivity index is 1.89. The minimum Gasteiger partial charge on any atom is -0.459 e. The number of benzene rings is 1. The molecule has 0 saturated carbocycles. The summed E-state index contributed by atoms with van der Waals surface area (Å²) in [5.74, 6) is 0.448. The van der Waals surface area contributed by atoms with E-state index in [1.165, 1.54) is 6.26 Å². The van der Waals surface area contributed by atoms with Crippen molar-refractivity contribution < 1.29 is 9.21 Å². The predicted molar refractivity (Wildman–Crippen MR) is 86.7 cm³/mol. The third-order valence-electron chi connectivity index (χ3n) is 2.94. The number of carbonyl (C=O) groups is 1. The van der Waals surface area contributed by atoms with Gasteiger partial charge in [0.15, 0.2) is 11.7 Å². The molecule has 0 saturated heterocycles. The average Bonchev–Trinajstić information content (AvgIpc) is 3.07. The Morgan fingerprint density at radius 3 is 2.68 bits per heavy atom. The summed E-state index contributed by atoms with van der Waals surface area (Å²) in [6.07, 6.45) is 2.47. The number of hydrogen-bond acceptors (Lipinski definition) is 3. The van der Waals surface area contributed by atoms with Gasteiger partial charge in [-0.2, -0.15) is 0 Å². The fourth-order valence-corrected chi connectivity index (χ4v) is 1.78. The number of anilines is 1. The highest BCUT2D eigenvalue weighted by Gasteiger charge is 2.08. The van der Waals surface area contributed by atoms with Crippen LogP contribution in [0, 0.1) is 0 Å². The van der Waals surface area contributed by atoms with Crippen LogP contribution in [0.25, 0.3) is 0 Å². The summed E-state index contributed by atoms with van der Waals surface area (Å²) in [5, 5.41) is 5.77. The molecular formula is C16H20N4O2. The maximum Gasteiger partial charge on any atom is 0.291 e. The third-order valence-corrected chi connectivity index (χ3v) is 2.94. The molecule has 0 fully saturated rings. The number of rotatable bonds is 6. The van der Waals surface area contributed by atoms with Crippen molar-refractivity contribution in [2.75, 3.05) is 11.9 Å². The predicted octanol–water partition coefficient (Wildman–Crippen LogP) is 2.35. The number of guanidine groups is 1. The molecule has 1 aromatic heterocycles. The van der Waals surface area contributed by atoms with Crippen molar-refractivity contribution in [1.82, 2.24) is 5.32 Å². The van der Waals surface area contributed by atoms with Gasteiger partial charge in [-0.15, -0.1) is 0 Å². The molecule has 22 heavy (non-hydrogen) atoms. The van der Waals surface area contributed by atoms with E-state index in [1.54, 1.807) is 12.1 Å². The lowest BCUT2D eigenvalue weighted by atomic mass is 10.2. The van der Waals surface area contributed by atoms with Gasteiger partial charge in [0.2, 0.25) is 0 Å². The maximum atomic E-state index is 11.8. The molecular weight excluding hydrogens is 280 g/mol. The van der Waals surface area contributed by atoms with Gasteiger partial charge in [0.05, 0.1) is 12.8 Å². The zero-order valence-corrected chi connectivity index (χ0v) is 12.5. The second-order valence-corrected chi connectivity index (χ2v) is 4.76. The van der Waals surface area contributed by atoms with Crippen LogP contribution in [-0.4, -0.2) is 18.4 Å². The number of hydrogen-bond donors (Lipinski definition) is 3. The molecule has 0 radical (unpaired) electrons. The topological polar surface area (TPSA) is 92.6 Å². The van der Waals surface area contributed by atoms with Crippen LogP contribution in [0.3, 0.4) is 0 Å². The van der Waals surface area contributed by atoms with E-state index in [-0.39, 0.29) is 11.7 Å². The van der Waals surface area contributed by atoms with Crippen molar-refractivity contribution in [3.63, 3.8) is 0 Å². The SMILES string of the molecule is CCCNC(N)=NCc1ccc(NC(=O)c2ccco2)cc1. The number of nitrogens with zero attached hydrogens (tertiary/aromatic N) is 1. The van der Waals surface area contributed by atoms with Crippen LogP contribution >= 0.6 is 0 Å². The minimum absolute atomic E-state index is 0.274. The number of aliphatic imine (C=N–C) groups is 1. The van der Waals surface area contributed by atoms with E-state index in [0.29, 0.717) is 18.2 Å². The highest BCUT2D eigenvalue weighted by Crippen LogP contribution is 2.12. The molecule has 0 aliphatic carbocycles. The summed E-state index contributed by atoms with van der Waals surface area (Å²) >= 11 is 0. The van der Waals surface area contributed by atoms with Crippen LogP contribution in [0.1, 0.15) is 29.5 Å². The zero-order valence-electron chi connectivity index (χ0n) is 12.5. The number of carbonyl (C=O) groups excluding carboxylic acids is 1. The van der Waals surface area contributed by atoms with E-state index in [0.717, 1.165) is 18.5 Å². The first-order chi connectivity index (χ1) is 10.7. The van der Waals surface area contributed by atoms with E-state index in [1.807, 2.05) is 24.3 Å². The van der Waals surface area contributed by atoms with Crippen molar-refractivity contribution in [2.45, 2.75) is 19.9 Å². The molecule has 1 amide bonds. The lowest BCUT2D eigenvalue weighted by Gasteiger charge is -2.05. The molecule has 116 valence electrons. The first kappa shape index (κ1) is 15.6. The fourth-order valence-electron chi connectivity index (χ4n) is 1.78. The Morgan fingerprint density at radius 1 is 1.27 bits per heavy atom. The largest absolute Gasteiger partial charge is 0.459 e. The van der Waals surface area contributed by atoms with E-state index in [2.05, 4.69) is 22.5 Å². The van der Waals surface area contributed by atoms with Crippen LogP contribution < -0.4 is 16.4 Å². The summed E-state index contributed by atoms with van der Waals surface area (Å²) in [4.78, 5) is 16.1. The maximum absolute atomic E-state index is 11.8. The van der Waals surface area contributed by atoms with Crippen molar-refractivity contribution in [3.8, 4) is 0 Å². The Morgan fingerprint density at radius 2 is 2.05 bits per heavy atom. The second-order valence-electron chi connectivity index (χ2n) is 4.76. The van der Waals surface area contributed by atoms with Crippen molar-refractivity contribution in [2.24, 2.45) is 10.7 Å². The Kier molecular flexibility index (Phi) is 5.59. The third kappa shape index (κ3) is 4.66. The number of furan rings is 1. The van der Waals surface area contributed by atoms with Crippen LogP contribution in [0.15, 0.2) is 52.1 Å². The number of nitrogens with two attached hydrogens (primary N) is 1. The van der Waals surface area contributed by atoms with Crippen molar-refractivity contribution in [1.29, 1.82) is 0 Å². The van der Waals surface area contributed by atoms with Gasteiger partial charge in [-0.25, -0.2) is 4.99 Å². The van der Waals surface area contributed by atoms with E-state index in [9.17, 15) is 4.79 Å². The van der Waals surface area contributed by atoms with Crippen LogP contribution in [-0.2, 0) is 6.54 Å². The molecule has 1 aromatic carbocycles. The Labute approximate surface area is 129 Å². The second kappa shape index (κ2) is 7.87. The number of amides is 1. The highest BCUT2D eigenvalue weighted by molar-refractivity contribution is 6.02. The average molecular weight is 300 g/mol. The van der Waals surface area contributed by atoms with Crippen molar-refractivity contribution in [3.05, 3.63) is 54.0 Å². The summed E-state index contributed by atoms with van der Waals surface area (Å²) in [6.45, 7) is 3.37. The quantitative estimate of drug-likeness (QED) is 0.564.